The van der Waals surface area contributed by atoms with E-state index < -0.39 is 0 Å². The van der Waals surface area contributed by atoms with Gasteiger partial charge in [0.15, 0.2) is 0 Å². The third kappa shape index (κ3) is 2.30. The molecule has 2 unspecified atom stereocenters. The van der Waals surface area contributed by atoms with Gasteiger partial charge < -0.3 is 0 Å². The topological polar surface area (TPSA) is 55.9 Å². The first kappa shape index (κ1) is 13.8. The van der Waals surface area contributed by atoms with Gasteiger partial charge in [-0.05, 0) is 46.3 Å². The lowest BCUT2D eigenvalue weighted by Gasteiger charge is -2.32. The Bertz CT molecular complexity index is 588. The molecule has 0 saturated carbocycles. The van der Waals surface area contributed by atoms with E-state index in [1.54, 1.807) is 0 Å². The highest BCUT2D eigenvalue weighted by Gasteiger charge is 2.31. The van der Waals surface area contributed by atoms with Crippen LogP contribution in [0.3, 0.4) is 0 Å². The highest BCUT2D eigenvalue weighted by atomic mass is 79.9. The van der Waals surface area contributed by atoms with Gasteiger partial charge in [0.1, 0.15) is 0 Å². The summed E-state index contributed by atoms with van der Waals surface area (Å²) in [4.78, 5) is 0. The number of benzene rings is 1. The number of fused-ring (bicyclic) bond motifs is 1. The van der Waals surface area contributed by atoms with Crippen LogP contribution in [0.1, 0.15) is 41.6 Å². The largest absolute Gasteiger partial charge is 0.271 e. The van der Waals surface area contributed by atoms with Crippen molar-refractivity contribution in [1.29, 1.82) is 0 Å². The molecule has 20 heavy (non-hydrogen) atoms. The van der Waals surface area contributed by atoms with Crippen LogP contribution in [0.2, 0.25) is 0 Å². The molecule has 106 valence electrons. The molecule has 3 rings (SSSR count). The summed E-state index contributed by atoms with van der Waals surface area (Å²) in [5, 5.41) is 4.31. The van der Waals surface area contributed by atoms with Gasteiger partial charge in [0, 0.05) is 13.0 Å². The molecular weight excluding hydrogens is 316 g/mol. The Morgan fingerprint density at radius 1 is 1.45 bits per heavy atom. The number of hydrogen-bond donors (Lipinski definition) is 2. The van der Waals surface area contributed by atoms with Crippen LogP contribution in [0.25, 0.3) is 0 Å². The number of halogens is 1. The first-order chi connectivity index (χ1) is 9.72. The van der Waals surface area contributed by atoms with E-state index in [-0.39, 0.29) is 6.04 Å². The van der Waals surface area contributed by atoms with Gasteiger partial charge in [0.25, 0.3) is 0 Å². The van der Waals surface area contributed by atoms with Crippen LogP contribution in [0, 0.1) is 0 Å². The molecular formula is C15H19BrN4. The molecule has 0 amide bonds. The molecule has 3 N–H and O–H groups in total. The Balaban J connectivity index is 2.03. The molecule has 0 aliphatic heterocycles. The Morgan fingerprint density at radius 2 is 2.25 bits per heavy atom. The standard InChI is InChI=1S/C15H19BrN4/c1-20-15(13(16)9-18-20)14(19-17)12-8-4-6-10-5-2-3-7-11(10)12/h2-3,5,7,9,12,14,19H,4,6,8,17H2,1H3. The molecule has 1 aliphatic carbocycles. The molecule has 1 heterocycles. The lowest BCUT2D eigenvalue weighted by atomic mass is 9.78. The van der Waals surface area contributed by atoms with Crippen molar-refractivity contribution >= 4 is 15.9 Å². The molecule has 2 aromatic rings. The third-order valence-electron chi connectivity index (χ3n) is 4.23. The second kappa shape index (κ2) is 5.68. The van der Waals surface area contributed by atoms with E-state index in [1.165, 1.54) is 17.5 Å². The molecule has 2 atom stereocenters. The van der Waals surface area contributed by atoms with E-state index >= 15 is 0 Å². The normalized spacial score (nSPS) is 19.6. The molecule has 0 saturated heterocycles. The van der Waals surface area contributed by atoms with Crippen molar-refractivity contribution in [2.45, 2.75) is 31.2 Å². The van der Waals surface area contributed by atoms with Gasteiger partial charge in [0.05, 0.1) is 22.4 Å². The zero-order valence-corrected chi connectivity index (χ0v) is 13.1. The molecule has 0 fully saturated rings. The fourth-order valence-corrected chi connectivity index (χ4v) is 3.89. The number of hydrogen-bond acceptors (Lipinski definition) is 3. The number of nitrogens with two attached hydrogens (primary N) is 1. The van der Waals surface area contributed by atoms with Gasteiger partial charge >= 0.3 is 0 Å². The first-order valence-electron chi connectivity index (χ1n) is 6.93. The van der Waals surface area contributed by atoms with Gasteiger partial charge in [-0.25, -0.2) is 0 Å². The van der Waals surface area contributed by atoms with Crippen LogP contribution in [-0.2, 0) is 13.5 Å². The zero-order chi connectivity index (χ0) is 14.1. The Morgan fingerprint density at radius 3 is 2.95 bits per heavy atom. The van der Waals surface area contributed by atoms with Crippen LogP contribution >= 0.6 is 15.9 Å². The molecule has 0 bridgehead atoms. The molecule has 1 aromatic heterocycles. The molecule has 1 aromatic carbocycles. The number of hydrazine groups is 1. The first-order valence-corrected chi connectivity index (χ1v) is 7.73. The van der Waals surface area contributed by atoms with Crippen molar-refractivity contribution in [3.63, 3.8) is 0 Å². The smallest absolute Gasteiger partial charge is 0.0712 e. The Hall–Kier alpha value is -1.17. The fraction of sp³-hybridized carbons (Fsp3) is 0.400. The average Bonchev–Trinajstić information content (AvgIpc) is 2.81. The van der Waals surface area contributed by atoms with Gasteiger partial charge in [-0.15, -0.1) is 0 Å². The van der Waals surface area contributed by atoms with Gasteiger partial charge in [-0.3, -0.25) is 16.0 Å². The summed E-state index contributed by atoms with van der Waals surface area (Å²) in [5.41, 5.74) is 6.97. The average molecular weight is 335 g/mol. The minimum absolute atomic E-state index is 0.0679. The summed E-state index contributed by atoms with van der Waals surface area (Å²) in [7, 11) is 1.96. The summed E-state index contributed by atoms with van der Waals surface area (Å²) >= 11 is 3.59. The molecule has 1 aliphatic rings. The van der Waals surface area contributed by atoms with Crippen molar-refractivity contribution in [2.24, 2.45) is 12.9 Å². The summed E-state index contributed by atoms with van der Waals surface area (Å²) in [5.74, 6) is 6.26. The van der Waals surface area contributed by atoms with E-state index in [0.717, 1.165) is 23.0 Å². The van der Waals surface area contributed by atoms with Crippen molar-refractivity contribution in [3.05, 3.63) is 51.8 Å². The van der Waals surface area contributed by atoms with Crippen LogP contribution in [0.5, 0.6) is 0 Å². The molecule has 0 spiro atoms. The van der Waals surface area contributed by atoms with Crippen LogP contribution in [-0.4, -0.2) is 9.78 Å². The van der Waals surface area contributed by atoms with E-state index in [2.05, 4.69) is 50.7 Å². The van der Waals surface area contributed by atoms with Crippen molar-refractivity contribution in [3.8, 4) is 0 Å². The number of aryl methyl sites for hydroxylation is 2. The summed E-state index contributed by atoms with van der Waals surface area (Å²) in [6.07, 6.45) is 5.34. The Labute approximate surface area is 127 Å². The number of nitrogens with zero attached hydrogens (tertiary/aromatic N) is 2. The second-order valence-corrected chi connectivity index (χ2v) is 6.20. The van der Waals surface area contributed by atoms with Crippen LogP contribution < -0.4 is 11.3 Å². The maximum Gasteiger partial charge on any atom is 0.0712 e. The SMILES string of the molecule is Cn1ncc(Br)c1C(NN)C1CCCc2ccccc21. The predicted molar refractivity (Wildman–Crippen MR) is 83.1 cm³/mol. The highest BCUT2D eigenvalue weighted by Crippen LogP contribution is 2.41. The lowest BCUT2D eigenvalue weighted by molar-refractivity contribution is 0.388. The number of aromatic nitrogens is 2. The summed E-state index contributed by atoms with van der Waals surface area (Å²) < 4.78 is 2.90. The lowest BCUT2D eigenvalue weighted by Crippen LogP contribution is -2.35. The number of rotatable bonds is 3. The summed E-state index contributed by atoms with van der Waals surface area (Å²) in [6, 6.07) is 8.76. The molecule has 4 nitrogen and oxygen atoms in total. The summed E-state index contributed by atoms with van der Waals surface area (Å²) in [6.45, 7) is 0. The predicted octanol–water partition coefficient (Wildman–Crippen LogP) is 2.81. The van der Waals surface area contributed by atoms with E-state index in [0.29, 0.717) is 5.92 Å². The van der Waals surface area contributed by atoms with E-state index in [9.17, 15) is 0 Å². The maximum atomic E-state index is 5.88. The van der Waals surface area contributed by atoms with Crippen molar-refractivity contribution in [2.75, 3.05) is 0 Å². The molecule has 0 radical (unpaired) electrons. The van der Waals surface area contributed by atoms with Crippen LogP contribution in [0.15, 0.2) is 34.9 Å². The van der Waals surface area contributed by atoms with E-state index in [1.807, 2.05) is 17.9 Å². The van der Waals surface area contributed by atoms with Crippen LogP contribution in [0.4, 0.5) is 0 Å². The molecule has 5 heteroatoms. The van der Waals surface area contributed by atoms with Gasteiger partial charge in [-0.1, -0.05) is 24.3 Å². The Kier molecular flexibility index (Phi) is 3.92. The second-order valence-electron chi connectivity index (χ2n) is 5.34. The van der Waals surface area contributed by atoms with Gasteiger partial charge in [0.2, 0.25) is 0 Å². The zero-order valence-electron chi connectivity index (χ0n) is 11.5. The van der Waals surface area contributed by atoms with E-state index in [4.69, 9.17) is 5.84 Å². The maximum absolute atomic E-state index is 5.88. The van der Waals surface area contributed by atoms with Crippen molar-refractivity contribution < 1.29 is 0 Å². The highest BCUT2D eigenvalue weighted by molar-refractivity contribution is 9.10. The minimum atomic E-state index is 0.0679. The quantitative estimate of drug-likeness (QED) is 0.670. The number of nitrogens with one attached hydrogen (secondary N) is 1. The van der Waals surface area contributed by atoms with Crippen molar-refractivity contribution in [1.82, 2.24) is 15.2 Å². The minimum Gasteiger partial charge on any atom is -0.271 e. The monoisotopic (exact) mass is 334 g/mol. The fourth-order valence-electron chi connectivity index (χ4n) is 3.29. The third-order valence-corrected chi connectivity index (χ3v) is 4.84. The van der Waals surface area contributed by atoms with Gasteiger partial charge in [-0.2, -0.15) is 5.10 Å².